The first kappa shape index (κ1) is 11.4. The van der Waals surface area contributed by atoms with Crippen LogP contribution in [-0.4, -0.2) is 25.2 Å². The van der Waals surface area contributed by atoms with Crippen molar-refractivity contribution >= 4 is 5.69 Å². The fraction of sp³-hybridized carbons (Fsp3) is 0.538. The summed E-state index contributed by atoms with van der Waals surface area (Å²) in [5.74, 6) is -0.119. The highest BCUT2D eigenvalue weighted by molar-refractivity contribution is 5.49. The van der Waals surface area contributed by atoms with Crippen molar-refractivity contribution in [1.82, 2.24) is 5.32 Å². The third kappa shape index (κ3) is 2.19. The summed E-state index contributed by atoms with van der Waals surface area (Å²) < 4.78 is 13.7. The van der Waals surface area contributed by atoms with Gasteiger partial charge in [-0.15, -0.1) is 0 Å². The van der Waals surface area contributed by atoms with Crippen molar-refractivity contribution in [1.29, 1.82) is 0 Å². The molecule has 0 aromatic heterocycles. The Morgan fingerprint density at radius 3 is 2.88 bits per heavy atom. The largest absolute Gasteiger partial charge is 0.364 e. The van der Waals surface area contributed by atoms with Crippen molar-refractivity contribution in [2.75, 3.05) is 18.0 Å². The van der Waals surface area contributed by atoms with Crippen LogP contribution in [0.5, 0.6) is 0 Å². The van der Waals surface area contributed by atoms with E-state index in [1.807, 2.05) is 12.1 Å². The van der Waals surface area contributed by atoms with Gasteiger partial charge in [0, 0.05) is 25.2 Å². The van der Waals surface area contributed by atoms with E-state index in [0.717, 1.165) is 25.2 Å². The molecule has 1 aliphatic rings. The van der Waals surface area contributed by atoms with Gasteiger partial charge in [-0.25, -0.2) is 4.39 Å². The van der Waals surface area contributed by atoms with Gasteiger partial charge in [-0.3, -0.25) is 0 Å². The highest BCUT2D eigenvalue weighted by Gasteiger charge is 2.25. The minimum absolute atomic E-state index is 0.119. The zero-order valence-electron chi connectivity index (χ0n) is 9.91. The smallest absolute Gasteiger partial charge is 0.146 e. The molecule has 0 bridgehead atoms. The monoisotopic (exact) mass is 222 g/mol. The van der Waals surface area contributed by atoms with Crippen molar-refractivity contribution in [3.8, 4) is 0 Å². The summed E-state index contributed by atoms with van der Waals surface area (Å²) in [4.78, 5) is 2.17. The molecule has 88 valence electrons. The van der Waals surface area contributed by atoms with Crippen LogP contribution >= 0.6 is 0 Å². The molecule has 0 radical (unpaired) electrons. The van der Waals surface area contributed by atoms with Crippen molar-refractivity contribution in [2.24, 2.45) is 0 Å². The van der Waals surface area contributed by atoms with Gasteiger partial charge in [0.05, 0.1) is 5.69 Å². The summed E-state index contributed by atoms with van der Waals surface area (Å²) in [6.07, 6.45) is 1.08. The maximum absolute atomic E-state index is 13.7. The molecule has 1 heterocycles. The molecule has 1 N–H and O–H groups in total. The number of anilines is 1. The van der Waals surface area contributed by atoms with Gasteiger partial charge in [0.25, 0.3) is 0 Å². The van der Waals surface area contributed by atoms with E-state index in [2.05, 4.69) is 24.1 Å². The number of benzene rings is 1. The number of hydrogen-bond acceptors (Lipinski definition) is 2. The van der Waals surface area contributed by atoms with Crippen molar-refractivity contribution in [3.05, 3.63) is 30.1 Å². The number of nitrogens with zero attached hydrogens (tertiary/aromatic N) is 1. The summed E-state index contributed by atoms with van der Waals surface area (Å²) in [6, 6.07) is 7.85. The van der Waals surface area contributed by atoms with Crippen LogP contribution in [0.2, 0.25) is 0 Å². The second kappa shape index (κ2) is 4.83. The molecular weight excluding hydrogens is 203 g/mol. The van der Waals surface area contributed by atoms with Gasteiger partial charge >= 0.3 is 0 Å². The number of para-hydroxylation sites is 1. The van der Waals surface area contributed by atoms with Crippen LogP contribution < -0.4 is 10.2 Å². The number of piperazine rings is 1. The summed E-state index contributed by atoms with van der Waals surface area (Å²) in [5, 5.41) is 3.47. The third-order valence-corrected chi connectivity index (χ3v) is 3.31. The van der Waals surface area contributed by atoms with Crippen molar-refractivity contribution < 1.29 is 4.39 Å². The molecule has 1 aromatic rings. The molecule has 16 heavy (non-hydrogen) atoms. The van der Waals surface area contributed by atoms with E-state index in [0.29, 0.717) is 12.1 Å². The molecular formula is C13H19FN2. The van der Waals surface area contributed by atoms with E-state index < -0.39 is 0 Å². The Balaban J connectivity index is 2.21. The minimum atomic E-state index is -0.119. The average Bonchev–Trinajstić information content (AvgIpc) is 2.31. The molecule has 3 heteroatoms. The van der Waals surface area contributed by atoms with E-state index >= 15 is 0 Å². The zero-order valence-corrected chi connectivity index (χ0v) is 9.91. The van der Waals surface area contributed by atoms with Crippen LogP contribution in [0.4, 0.5) is 10.1 Å². The predicted molar refractivity (Wildman–Crippen MR) is 65.3 cm³/mol. The van der Waals surface area contributed by atoms with Gasteiger partial charge in [0.15, 0.2) is 0 Å². The first-order valence-electron chi connectivity index (χ1n) is 5.97. The Kier molecular flexibility index (Phi) is 3.44. The highest BCUT2D eigenvalue weighted by Crippen LogP contribution is 2.23. The molecule has 0 saturated carbocycles. The Morgan fingerprint density at radius 2 is 2.19 bits per heavy atom. The van der Waals surface area contributed by atoms with Crippen LogP contribution in [0.15, 0.2) is 24.3 Å². The second-order valence-electron chi connectivity index (χ2n) is 4.47. The Hall–Kier alpha value is -1.09. The van der Waals surface area contributed by atoms with Gasteiger partial charge in [-0.1, -0.05) is 19.1 Å². The summed E-state index contributed by atoms with van der Waals surface area (Å²) >= 11 is 0. The Morgan fingerprint density at radius 1 is 1.44 bits per heavy atom. The topological polar surface area (TPSA) is 15.3 Å². The average molecular weight is 222 g/mol. The lowest BCUT2D eigenvalue weighted by Gasteiger charge is -2.40. The van der Waals surface area contributed by atoms with E-state index in [4.69, 9.17) is 0 Å². The molecule has 1 fully saturated rings. The SMILES string of the molecule is CCC1CN(c2ccccc2F)C(C)CN1. The molecule has 0 spiro atoms. The molecule has 1 saturated heterocycles. The predicted octanol–water partition coefficient (Wildman–Crippen LogP) is 2.40. The number of rotatable bonds is 2. The molecule has 0 amide bonds. The molecule has 1 aliphatic heterocycles. The van der Waals surface area contributed by atoms with E-state index in [9.17, 15) is 4.39 Å². The summed E-state index contributed by atoms with van der Waals surface area (Å²) in [6.45, 7) is 6.10. The maximum Gasteiger partial charge on any atom is 0.146 e. The fourth-order valence-electron chi connectivity index (χ4n) is 2.22. The van der Waals surface area contributed by atoms with E-state index in [1.165, 1.54) is 6.07 Å². The standard InChI is InChI=1S/C13H19FN2/c1-3-11-9-16(10(2)8-15-11)13-7-5-4-6-12(13)14/h4-7,10-11,15H,3,8-9H2,1-2H3. The zero-order chi connectivity index (χ0) is 11.5. The first-order chi connectivity index (χ1) is 7.72. The van der Waals surface area contributed by atoms with Crippen molar-refractivity contribution in [3.63, 3.8) is 0 Å². The van der Waals surface area contributed by atoms with Crippen LogP contribution in [0.3, 0.4) is 0 Å². The van der Waals surface area contributed by atoms with Crippen molar-refractivity contribution in [2.45, 2.75) is 32.4 Å². The van der Waals surface area contributed by atoms with Gasteiger partial charge < -0.3 is 10.2 Å². The molecule has 2 atom stereocenters. The van der Waals surface area contributed by atoms with E-state index in [-0.39, 0.29) is 5.82 Å². The quantitative estimate of drug-likeness (QED) is 0.826. The fourth-order valence-corrected chi connectivity index (χ4v) is 2.22. The Labute approximate surface area is 96.5 Å². The molecule has 2 unspecified atom stereocenters. The molecule has 2 rings (SSSR count). The van der Waals surface area contributed by atoms with Crippen LogP contribution in [0.1, 0.15) is 20.3 Å². The molecule has 2 nitrogen and oxygen atoms in total. The molecule has 1 aromatic carbocycles. The summed E-state index contributed by atoms with van der Waals surface area (Å²) in [7, 11) is 0. The lowest BCUT2D eigenvalue weighted by Crippen LogP contribution is -2.55. The van der Waals surface area contributed by atoms with Crippen LogP contribution in [-0.2, 0) is 0 Å². The minimum Gasteiger partial charge on any atom is -0.364 e. The summed E-state index contributed by atoms with van der Waals surface area (Å²) in [5.41, 5.74) is 0.731. The lowest BCUT2D eigenvalue weighted by atomic mass is 10.1. The maximum atomic E-state index is 13.7. The van der Waals surface area contributed by atoms with Gasteiger partial charge in [0.2, 0.25) is 0 Å². The number of hydrogen-bond donors (Lipinski definition) is 1. The molecule has 0 aliphatic carbocycles. The van der Waals surface area contributed by atoms with Gasteiger partial charge in [-0.05, 0) is 25.5 Å². The Bertz CT molecular complexity index is 354. The third-order valence-electron chi connectivity index (χ3n) is 3.31. The number of halogens is 1. The first-order valence-corrected chi connectivity index (χ1v) is 5.97. The van der Waals surface area contributed by atoms with Gasteiger partial charge in [0.1, 0.15) is 5.82 Å². The van der Waals surface area contributed by atoms with E-state index in [1.54, 1.807) is 6.07 Å². The van der Waals surface area contributed by atoms with Crippen LogP contribution in [0, 0.1) is 5.82 Å². The lowest BCUT2D eigenvalue weighted by molar-refractivity contribution is 0.394. The van der Waals surface area contributed by atoms with Gasteiger partial charge in [-0.2, -0.15) is 0 Å². The number of nitrogens with one attached hydrogen (secondary N) is 1. The highest BCUT2D eigenvalue weighted by atomic mass is 19.1. The normalized spacial score (nSPS) is 25.8. The second-order valence-corrected chi connectivity index (χ2v) is 4.47. The van der Waals surface area contributed by atoms with Crippen LogP contribution in [0.25, 0.3) is 0 Å².